The number of ether oxygens (including phenoxy) is 3. The van der Waals surface area contributed by atoms with Crippen LogP contribution in [-0.2, 0) is 15.0 Å². The molecule has 1 saturated heterocycles. The molecule has 1 atom stereocenters. The van der Waals surface area contributed by atoms with Crippen molar-refractivity contribution in [2.75, 3.05) is 19.8 Å². The number of aliphatic hydroxyl groups excluding tert-OH is 1. The average molecular weight is 449 g/mol. The summed E-state index contributed by atoms with van der Waals surface area (Å²) in [5.41, 5.74) is -1.13. The standard InChI is InChI=1S/C23H32N2O5S/c1-21(2,3)30-20(27)25-22(4,5)29-15-23(25,6)19-24-14-18(31-19)16-8-10-17(11-9-16)28-13-7-12-26/h8-11,14,26H,7,12-13,15H2,1-6H3/t23-/m1/s1. The second kappa shape index (κ2) is 8.76. The first kappa shape index (κ1) is 23.5. The number of hydrogen-bond acceptors (Lipinski definition) is 7. The summed E-state index contributed by atoms with van der Waals surface area (Å²) in [5.74, 6) is 0.760. The van der Waals surface area contributed by atoms with Gasteiger partial charge in [-0.05, 0) is 71.4 Å². The van der Waals surface area contributed by atoms with Gasteiger partial charge >= 0.3 is 6.09 Å². The van der Waals surface area contributed by atoms with Crippen LogP contribution in [0.3, 0.4) is 0 Å². The van der Waals surface area contributed by atoms with Crippen molar-refractivity contribution in [3.05, 3.63) is 35.5 Å². The van der Waals surface area contributed by atoms with Crippen LogP contribution in [0.5, 0.6) is 5.75 Å². The fourth-order valence-corrected chi connectivity index (χ4v) is 4.60. The van der Waals surface area contributed by atoms with E-state index in [0.29, 0.717) is 19.6 Å². The number of aliphatic hydroxyl groups is 1. The molecule has 0 aliphatic carbocycles. The lowest BCUT2D eigenvalue weighted by molar-refractivity contribution is -0.0684. The van der Waals surface area contributed by atoms with E-state index in [9.17, 15) is 4.79 Å². The Morgan fingerprint density at radius 3 is 2.55 bits per heavy atom. The summed E-state index contributed by atoms with van der Waals surface area (Å²) in [6.07, 6.45) is 2.01. The number of hydrogen-bond donors (Lipinski definition) is 1. The van der Waals surface area contributed by atoms with Gasteiger partial charge in [-0.25, -0.2) is 9.78 Å². The van der Waals surface area contributed by atoms with E-state index >= 15 is 0 Å². The van der Waals surface area contributed by atoms with E-state index in [-0.39, 0.29) is 6.61 Å². The van der Waals surface area contributed by atoms with Crippen molar-refractivity contribution in [2.45, 2.75) is 64.8 Å². The van der Waals surface area contributed by atoms with E-state index in [1.807, 2.05) is 72.0 Å². The normalized spacial score (nSPS) is 20.7. The van der Waals surface area contributed by atoms with Crippen molar-refractivity contribution in [3.63, 3.8) is 0 Å². The number of thiazole rings is 1. The molecule has 0 bridgehead atoms. The minimum absolute atomic E-state index is 0.112. The van der Waals surface area contributed by atoms with Gasteiger partial charge in [0.1, 0.15) is 27.6 Å². The van der Waals surface area contributed by atoms with Gasteiger partial charge in [-0.15, -0.1) is 11.3 Å². The summed E-state index contributed by atoms with van der Waals surface area (Å²) in [6.45, 7) is 12.2. The maximum atomic E-state index is 13.1. The second-order valence-electron chi connectivity index (χ2n) is 9.30. The number of aromatic nitrogens is 1. The van der Waals surface area contributed by atoms with Gasteiger partial charge in [-0.3, -0.25) is 4.90 Å². The molecular weight excluding hydrogens is 416 g/mol. The fraction of sp³-hybridized carbons (Fsp3) is 0.565. The molecule has 7 nitrogen and oxygen atoms in total. The predicted octanol–water partition coefficient (Wildman–Crippen LogP) is 4.79. The van der Waals surface area contributed by atoms with Crippen LogP contribution in [0, 0.1) is 0 Å². The van der Waals surface area contributed by atoms with Crippen LogP contribution >= 0.6 is 11.3 Å². The van der Waals surface area contributed by atoms with Crippen LogP contribution in [0.25, 0.3) is 10.4 Å². The van der Waals surface area contributed by atoms with Crippen LogP contribution in [-0.4, -0.2) is 52.2 Å². The third kappa shape index (κ3) is 5.19. The van der Waals surface area contributed by atoms with E-state index in [0.717, 1.165) is 21.2 Å². The third-order valence-corrected chi connectivity index (χ3v) is 6.29. The molecule has 170 valence electrons. The number of amides is 1. The molecule has 0 spiro atoms. The zero-order valence-corrected chi connectivity index (χ0v) is 19.9. The Kier molecular flexibility index (Phi) is 6.64. The molecule has 8 heteroatoms. The topological polar surface area (TPSA) is 81.1 Å². The van der Waals surface area contributed by atoms with Gasteiger partial charge in [0.05, 0.1) is 18.1 Å². The van der Waals surface area contributed by atoms with E-state index in [1.165, 1.54) is 11.3 Å². The Hall–Kier alpha value is -2.16. The lowest BCUT2D eigenvalue weighted by atomic mass is 10.0. The van der Waals surface area contributed by atoms with Crippen LogP contribution < -0.4 is 4.74 Å². The molecule has 1 aliphatic rings. The molecule has 2 heterocycles. The molecule has 3 rings (SSSR count). The minimum Gasteiger partial charge on any atom is -0.494 e. The monoisotopic (exact) mass is 448 g/mol. The summed E-state index contributed by atoms with van der Waals surface area (Å²) in [7, 11) is 0. The van der Waals surface area contributed by atoms with Crippen LogP contribution in [0.4, 0.5) is 4.79 Å². The van der Waals surface area contributed by atoms with E-state index < -0.39 is 23.0 Å². The smallest absolute Gasteiger partial charge is 0.413 e. The van der Waals surface area contributed by atoms with Crippen LogP contribution in [0.15, 0.2) is 30.5 Å². The molecular formula is C23H32N2O5S. The van der Waals surface area contributed by atoms with Crippen molar-refractivity contribution in [1.82, 2.24) is 9.88 Å². The van der Waals surface area contributed by atoms with Gasteiger partial charge in [-0.2, -0.15) is 0 Å². The molecule has 1 N–H and O–H groups in total. The molecule has 0 saturated carbocycles. The Morgan fingerprint density at radius 1 is 1.26 bits per heavy atom. The zero-order chi connectivity index (χ0) is 22.9. The first-order valence-electron chi connectivity index (χ1n) is 10.4. The Bertz CT molecular complexity index is 903. The molecule has 2 aromatic rings. The Morgan fingerprint density at radius 2 is 1.94 bits per heavy atom. The first-order chi connectivity index (χ1) is 14.5. The van der Waals surface area contributed by atoms with Gasteiger partial charge in [0.2, 0.25) is 0 Å². The molecule has 1 aromatic heterocycles. The van der Waals surface area contributed by atoms with E-state index in [2.05, 4.69) is 4.98 Å². The second-order valence-corrected chi connectivity index (χ2v) is 10.3. The van der Waals surface area contributed by atoms with Gasteiger partial charge < -0.3 is 19.3 Å². The van der Waals surface area contributed by atoms with Crippen LogP contribution in [0.1, 0.15) is 53.0 Å². The summed E-state index contributed by atoms with van der Waals surface area (Å²) < 4.78 is 17.3. The van der Waals surface area contributed by atoms with Crippen molar-refractivity contribution in [3.8, 4) is 16.2 Å². The molecule has 0 radical (unpaired) electrons. The van der Waals surface area contributed by atoms with Gasteiger partial charge in [0, 0.05) is 19.2 Å². The highest BCUT2D eigenvalue weighted by Crippen LogP contribution is 2.45. The maximum Gasteiger partial charge on any atom is 0.413 e. The lowest BCUT2D eigenvalue weighted by Gasteiger charge is -2.39. The first-order valence-corrected chi connectivity index (χ1v) is 11.3. The summed E-state index contributed by atoms with van der Waals surface area (Å²) in [4.78, 5) is 20.4. The maximum absolute atomic E-state index is 13.1. The summed E-state index contributed by atoms with van der Waals surface area (Å²) in [6, 6.07) is 7.77. The predicted molar refractivity (Wildman–Crippen MR) is 120 cm³/mol. The van der Waals surface area contributed by atoms with Crippen molar-refractivity contribution >= 4 is 17.4 Å². The van der Waals surface area contributed by atoms with E-state index in [1.54, 1.807) is 4.90 Å². The van der Waals surface area contributed by atoms with Gasteiger partial charge in [-0.1, -0.05) is 0 Å². The number of nitrogens with zero attached hydrogens (tertiary/aromatic N) is 2. The quantitative estimate of drug-likeness (QED) is 0.640. The fourth-order valence-electron chi connectivity index (χ4n) is 3.55. The van der Waals surface area contributed by atoms with Crippen LogP contribution in [0.2, 0.25) is 0 Å². The van der Waals surface area contributed by atoms with Crippen molar-refractivity contribution in [1.29, 1.82) is 0 Å². The highest BCUT2D eigenvalue weighted by Gasteiger charge is 2.55. The number of benzene rings is 1. The third-order valence-electron chi connectivity index (χ3n) is 4.99. The van der Waals surface area contributed by atoms with Crippen molar-refractivity contribution < 1.29 is 24.1 Å². The number of carbonyl (C=O) groups is 1. The lowest BCUT2D eigenvalue weighted by Crippen LogP contribution is -2.53. The molecule has 1 fully saturated rings. The highest BCUT2D eigenvalue weighted by molar-refractivity contribution is 7.15. The van der Waals surface area contributed by atoms with Gasteiger partial charge in [0.25, 0.3) is 0 Å². The SMILES string of the molecule is CC(C)(C)OC(=O)N1C(C)(C)OC[C@]1(C)c1ncc(-c2ccc(OCCCO)cc2)s1. The molecule has 0 unspecified atom stereocenters. The summed E-state index contributed by atoms with van der Waals surface area (Å²) >= 11 is 1.53. The number of carbonyl (C=O) groups excluding carboxylic acids is 1. The van der Waals surface area contributed by atoms with Gasteiger partial charge in [0.15, 0.2) is 0 Å². The highest BCUT2D eigenvalue weighted by atomic mass is 32.1. The Labute approximate surface area is 188 Å². The van der Waals surface area contributed by atoms with E-state index in [4.69, 9.17) is 19.3 Å². The zero-order valence-electron chi connectivity index (χ0n) is 19.1. The number of rotatable bonds is 6. The largest absolute Gasteiger partial charge is 0.494 e. The minimum atomic E-state index is -0.809. The molecule has 1 amide bonds. The Balaban J connectivity index is 1.83. The average Bonchev–Trinajstić information content (AvgIpc) is 3.25. The molecule has 1 aliphatic heterocycles. The molecule has 1 aromatic carbocycles. The summed E-state index contributed by atoms with van der Waals surface area (Å²) in [5, 5.41) is 9.66. The molecule has 31 heavy (non-hydrogen) atoms. The van der Waals surface area contributed by atoms with Crippen molar-refractivity contribution in [2.24, 2.45) is 0 Å².